The number of non-ortho nitro benzene ring substituents is 1. The van der Waals surface area contributed by atoms with Gasteiger partial charge in [0.25, 0.3) is 5.69 Å². The number of hydrogen-bond acceptors (Lipinski definition) is 7. The van der Waals surface area contributed by atoms with Crippen LogP contribution in [0.25, 0.3) is 12.2 Å². The van der Waals surface area contributed by atoms with E-state index in [-0.39, 0.29) is 30.0 Å². The van der Waals surface area contributed by atoms with Crippen LogP contribution in [-0.2, 0) is 19.1 Å². The maximum atomic E-state index is 13.4. The Bertz CT molecular complexity index is 1450. The van der Waals surface area contributed by atoms with Crippen LogP contribution in [0.2, 0.25) is 0 Å². The van der Waals surface area contributed by atoms with Crippen molar-refractivity contribution in [3.63, 3.8) is 0 Å². The van der Waals surface area contributed by atoms with Crippen LogP contribution >= 0.6 is 0 Å². The first kappa shape index (κ1) is 28.8. The molecule has 0 saturated heterocycles. The summed E-state index contributed by atoms with van der Waals surface area (Å²) >= 11 is 0. The molecule has 8 nitrogen and oxygen atoms in total. The van der Waals surface area contributed by atoms with Gasteiger partial charge in [0.15, 0.2) is 0 Å². The topological polar surface area (TPSA) is 108 Å². The van der Waals surface area contributed by atoms with E-state index in [1.807, 2.05) is 72.8 Å². The molecule has 0 saturated carbocycles. The van der Waals surface area contributed by atoms with E-state index in [1.54, 1.807) is 32.1 Å². The van der Waals surface area contributed by atoms with E-state index in [9.17, 15) is 19.7 Å². The Morgan fingerprint density at radius 1 is 0.780 bits per heavy atom. The quantitative estimate of drug-likeness (QED) is 0.178. The number of carbonyl (C=O) groups is 2. The lowest BCUT2D eigenvalue weighted by atomic mass is 9.80. The van der Waals surface area contributed by atoms with Crippen molar-refractivity contribution in [2.75, 3.05) is 13.2 Å². The number of ether oxygens (including phenoxy) is 2. The van der Waals surface area contributed by atoms with Crippen LogP contribution < -0.4 is 5.32 Å². The highest BCUT2D eigenvalue weighted by molar-refractivity contribution is 6.00. The van der Waals surface area contributed by atoms with Gasteiger partial charge in [-0.05, 0) is 42.7 Å². The zero-order valence-electron chi connectivity index (χ0n) is 22.8. The Hall–Kier alpha value is -5.24. The SMILES string of the molecule is CC1=C(C(=O)OC/C=C\c2ccccc2)C(c2cccc([N+](=O)[O-])c2)C(C(=O)OC/C=C\c2ccccc2)=C(C)N1. The second-order valence-electron chi connectivity index (χ2n) is 9.31. The third-order valence-corrected chi connectivity index (χ3v) is 6.46. The molecule has 1 aliphatic rings. The molecule has 0 amide bonds. The number of nitrogens with one attached hydrogen (secondary N) is 1. The number of nitro groups is 1. The smallest absolute Gasteiger partial charge is 0.337 e. The number of nitrogens with zero attached hydrogens (tertiary/aromatic N) is 1. The zero-order chi connectivity index (χ0) is 29.2. The van der Waals surface area contributed by atoms with Gasteiger partial charge in [-0.15, -0.1) is 0 Å². The molecule has 0 unspecified atom stereocenters. The molecule has 4 rings (SSSR count). The van der Waals surface area contributed by atoms with Gasteiger partial charge in [0.05, 0.1) is 22.0 Å². The van der Waals surface area contributed by atoms with Gasteiger partial charge in [-0.2, -0.15) is 0 Å². The zero-order valence-corrected chi connectivity index (χ0v) is 22.8. The molecule has 0 fully saturated rings. The van der Waals surface area contributed by atoms with Crippen LogP contribution in [0.15, 0.2) is 120 Å². The van der Waals surface area contributed by atoms with E-state index in [2.05, 4.69) is 5.32 Å². The molecule has 8 heteroatoms. The summed E-state index contributed by atoms with van der Waals surface area (Å²) < 4.78 is 11.1. The minimum Gasteiger partial charge on any atom is -0.458 e. The Morgan fingerprint density at radius 2 is 1.27 bits per heavy atom. The lowest BCUT2D eigenvalue weighted by Gasteiger charge is -2.30. The second-order valence-corrected chi connectivity index (χ2v) is 9.31. The van der Waals surface area contributed by atoms with Gasteiger partial charge in [0.1, 0.15) is 13.2 Å². The lowest BCUT2D eigenvalue weighted by Crippen LogP contribution is -2.32. The predicted molar refractivity (Wildman–Crippen MR) is 157 cm³/mol. The van der Waals surface area contributed by atoms with Crippen LogP contribution in [0.1, 0.15) is 36.5 Å². The molecule has 41 heavy (non-hydrogen) atoms. The van der Waals surface area contributed by atoms with E-state index < -0.39 is 22.8 Å². The maximum Gasteiger partial charge on any atom is 0.337 e. The van der Waals surface area contributed by atoms with Crippen LogP contribution in [0.4, 0.5) is 5.69 Å². The first-order chi connectivity index (χ1) is 19.8. The summed E-state index contributed by atoms with van der Waals surface area (Å²) in [6, 6.07) is 25.0. The highest BCUT2D eigenvalue weighted by Crippen LogP contribution is 2.40. The van der Waals surface area contributed by atoms with Gasteiger partial charge >= 0.3 is 11.9 Å². The van der Waals surface area contributed by atoms with Gasteiger partial charge in [0, 0.05) is 23.5 Å². The van der Waals surface area contributed by atoms with E-state index in [1.165, 1.54) is 18.2 Å². The minimum absolute atomic E-state index is 0.00107. The van der Waals surface area contributed by atoms with E-state index in [0.29, 0.717) is 17.0 Å². The molecule has 0 atom stereocenters. The third-order valence-electron chi connectivity index (χ3n) is 6.46. The summed E-state index contributed by atoms with van der Waals surface area (Å²) in [7, 11) is 0. The fourth-order valence-electron chi connectivity index (χ4n) is 4.59. The molecule has 3 aromatic rings. The molecule has 0 bridgehead atoms. The second kappa shape index (κ2) is 13.7. The summed E-state index contributed by atoms with van der Waals surface area (Å²) in [5, 5.41) is 14.6. The number of rotatable bonds is 10. The molecule has 3 aromatic carbocycles. The van der Waals surface area contributed by atoms with Crippen LogP contribution in [0.3, 0.4) is 0 Å². The number of benzene rings is 3. The number of allylic oxidation sites excluding steroid dienone is 2. The number of hydrogen-bond donors (Lipinski definition) is 1. The molecule has 1 N–H and O–H groups in total. The Morgan fingerprint density at radius 3 is 1.73 bits per heavy atom. The third kappa shape index (κ3) is 7.45. The molecule has 208 valence electrons. The first-order valence-electron chi connectivity index (χ1n) is 13.1. The van der Waals surface area contributed by atoms with Crippen molar-refractivity contribution in [2.24, 2.45) is 0 Å². The molecule has 0 aromatic heterocycles. The Balaban J connectivity index is 1.60. The summed E-state index contributed by atoms with van der Waals surface area (Å²) in [5.74, 6) is -2.23. The highest BCUT2D eigenvalue weighted by Gasteiger charge is 2.38. The van der Waals surface area contributed by atoms with E-state index >= 15 is 0 Å². The fourth-order valence-corrected chi connectivity index (χ4v) is 4.59. The Kier molecular flexibility index (Phi) is 9.62. The lowest BCUT2D eigenvalue weighted by molar-refractivity contribution is -0.384. The summed E-state index contributed by atoms with van der Waals surface area (Å²) in [6.45, 7) is 3.40. The molecule has 1 heterocycles. The summed E-state index contributed by atoms with van der Waals surface area (Å²) in [5.41, 5.74) is 3.47. The van der Waals surface area contributed by atoms with E-state index in [0.717, 1.165) is 11.1 Å². The van der Waals surface area contributed by atoms with Gasteiger partial charge in [-0.1, -0.05) is 84.9 Å². The van der Waals surface area contributed by atoms with Crippen molar-refractivity contribution in [1.82, 2.24) is 5.32 Å². The largest absolute Gasteiger partial charge is 0.458 e. The predicted octanol–water partition coefficient (Wildman–Crippen LogP) is 6.34. The van der Waals surface area contributed by atoms with Crippen molar-refractivity contribution in [1.29, 1.82) is 0 Å². The standard InChI is InChI=1S/C33H30N2O6/c1-23-29(32(36)40-20-10-16-25-12-5-3-6-13-25)31(27-18-9-19-28(22-27)35(38)39)30(24(2)34-23)33(37)41-21-11-17-26-14-7-4-8-15-26/h3-19,22,31,34H,20-21H2,1-2H3/b16-10-,17-11-. The average molecular weight is 551 g/mol. The highest BCUT2D eigenvalue weighted by atomic mass is 16.6. The molecule has 0 spiro atoms. The van der Waals surface area contributed by atoms with Crippen molar-refractivity contribution >= 4 is 29.8 Å². The van der Waals surface area contributed by atoms with Crippen LogP contribution in [-0.4, -0.2) is 30.1 Å². The van der Waals surface area contributed by atoms with Gasteiger partial charge in [0.2, 0.25) is 0 Å². The monoisotopic (exact) mass is 550 g/mol. The molecule has 0 radical (unpaired) electrons. The molecule has 0 aliphatic carbocycles. The minimum atomic E-state index is -0.938. The number of nitro benzene ring substituents is 1. The van der Waals surface area contributed by atoms with E-state index in [4.69, 9.17) is 9.47 Å². The number of dihydropyridines is 1. The van der Waals surface area contributed by atoms with Crippen molar-refractivity contribution in [3.8, 4) is 0 Å². The summed E-state index contributed by atoms with van der Waals surface area (Å²) in [6.07, 6.45) is 7.11. The Labute approximate surface area is 238 Å². The number of esters is 2. The normalized spacial score (nSPS) is 13.9. The van der Waals surface area contributed by atoms with Gasteiger partial charge in [-0.3, -0.25) is 10.1 Å². The van der Waals surface area contributed by atoms with Crippen LogP contribution in [0, 0.1) is 10.1 Å². The fraction of sp³-hybridized carbons (Fsp3) is 0.152. The van der Waals surface area contributed by atoms with Crippen molar-refractivity contribution in [2.45, 2.75) is 19.8 Å². The number of carbonyl (C=O) groups excluding carboxylic acids is 2. The summed E-state index contributed by atoms with van der Waals surface area (Å²) in [4.78, 5) is 37.9. The molecular weight excluding hydrogens is 520 g/mol. The van der Waals surface area contributed by atoms with Gasteiger partial charge < -0.3 is 14.8 Å². The van der Waals surface area contributed by atoms with Crippen molar-refractivity contribution in [3.05, 3.63) is 146 Å². The van der Waals surface area contributed by atoms with Crippen LogP contribution in [0.5, 0.6) is 0 Å². The maximum absolute atomic E-state index is 13.4. The van der Waals surface area contributed by atoms with Gasteiger partial charge in [-0.25, -0.2) is 9.59 Å². The molecule has 1 aliphatic heterocycles. The molecular formula is C33H30N2O6. The van der Waals surface area contributed by atoms with Crippen molar-refractivity contribution < 1.29 is 24.0 Å². The first-order valence-corrected chi connectivity index (χ1v) is 13.1. The average Bonchev–Trinajstić information content (AvgIpc) is 2.98.